The zero-order valence-corrected chi connectivity index (χ0v) is 14.1. The lowest BCUT2D eigenvalue weighted by molar-refractivity contribution is 0.451. The molecule has 8 heteroatoms. The minimum absolute atomic E-state index is 0. The summed E-state index contributed by atoms with van der Waals surface area (Å²) in [6.45, 7) is 1.92. The van der Waals surface area contributed by atoms with Gasteiger partial charge in [-0.3, -0.25) is 0 Å². The molecule has 0 amide bonds. The summed E-state index contributed by atoms with van der Waals surface area (Å²) < 4.78 is 26.4. The van der Waals surface area contributed by atoms with Gasteiger partial charge in [-0.1, -0.05) is 23.2 Å². The fraction of sp³-hybridized carbons (Fsp3) is 0.500. The third kappa shape index (κ3) is 3.78. The Kier molecular flexibility index (Phi) is 6.57. The van der Waals surface area contributed by atoms with Gasteiger partial charge in [0.1, 0.15) is 0 Å². The molecule has 1 unspecified atom stereocenters. The number of hydrogen-bond donors (Lipinski definition) is 1. The van der Waals surface area contributed by atoms with Gasteiger partial charge in [0.05, 0.1) is 14.9 Å². The van der Waals surface area contributed by atoms with Crippen molar-refractivity contribution < 1.29 is 8.42 Å². The van der Waals surface area contributed by atoms with Gasteiger partial charge in [-0.05, 0) is 44.1 Å². The predicted octanol–water partition coefficient (Wildman–Crippen LogP) is 2.65. The Hall–Kier alpha value is -0.0400. The van der Waals surface area contributed by atoms with Crippen LogP contribution in [0.1, 0.15) is 6.42 Å². The topological polar surface area (TPSA) is 49.4 Å². The minimum Gasteiger partial charge on any atom is -0.319 e. The van der Waals surface area contributed by atoms with Crippen LogP contribution in [0.15, 0.2) is 23.1 Å². The molecule has 1 atom stereocenters. The van der Waals surface area contributed by atoms with Crippen LogP contribution >= 0.6 is 35.6 Å². The molecule has 2 rings (SSSR count). The molecule has 0 radical (unpaired) electrons. The summed E-state index contributed by atoms with van der Waals surface area (Å²) in [5.74, 6) is 0.363. The van der Waals surface area contributed by atoms with Gasteiger partial charge in [0.2, 0.25) is 10.0 Å². The summed E-state index contributed by atoms with van der Waals surface area (Å²) >= 11 is 11.7. The lowest BCUT2D eigenvalue weighted by Gasteiger charge is -2.17. The molecule has 4 nitrogen and oxygen atoms in total. The Morgan fingerprint density at radius 1 is 1.35 bits per heavy atom. The van der Waals surface area contributed by atoms with Crippen LogP contribution in [0.3, 0.4) is 0 Å². The number of benzene rings is 1. The number of rotatable bonds is 4. The van der Waals surface area contributed by atoms with Crippen LogP contribution in [0.5, 0.6) is 0 Å². The number of nitrogens with zero attached hydrogens (tertiary/aromatic N) is 1. The molecule has 1 N–H and O–H groups in total. The van der Waals surface area contributed by atoms with E-state index in [1.165, 1.54) is 22.5 Å². The summed E-state index contributed by atoms with van der Waals surface area (Å²) in [6.07, 6.45) is 0.876. The summed E-state index contributed by atoms with van der Waals surface area (Å²) in [5.41, 5.74) is 0. The summed E-state index contributed by atoms with van der Waals surface area (Å²) in [7, 11) is -1.60. The highest BCUT2D eigenvalue weighted by Crippen LogP contribution is 2.29. The zero-order chi connectivity index (χ0) is 14.0. The molecule has 0 spiro atoms. The Morgan fingerprint density at radius 3 is 2.65 bits per heavy atom. The number of hydrogen-bond acceptors (Lipinski definition) is 3. The van der Waals surface area contributed by atoms with E-state index in [9.17, 15) is 8.42 Å². The molecule has 1 aromatic rings. The third-order valence-corrected chi connectivity index (χ3v) is 5.87. The average molecular weight is 360 g/mol. The Labute approximate surface area is 135 Å². The van der Waals surface area contributed by atoms with Gasteiger partial charge >= 0.3 is 0 Å². The van der Waals surface area contributed by atoms with Crippen molar-refractivity contribution in [3.63, 3.8) is 0 Å². The zero-order valence-electron chi connectivity index (χ0n) is 11.0. The van der Waals surface area contributed by atoms with E-state index in [0.29, 0.717) is 24.0 Å². The fourth-order valence-corrected chi connectivity index (χ4v) is 4.18. The van der Waals surface area contributed by atoms with Crippen molar-refractivity contribution in [2.24, 2.45) is 5.92 Å². The lowest BCUT2D eigenvalue weighted by atomic mass is 10.1. The van der Waals surface area contributed by atoms with Crippen LogP contribution in [-0.2, 0) is 10.0 Å². The van der Waals surface area contributed by atoms with Gasteiger partial charge in [-0.15, -0.1) is 12.4 Å². The summed E-state index contributed by atoms with van der Waals surface area (Å²) in [4.78, 5) is 0.201. The van der Waals surface area contributed by atoms with Crippen molar-refractivity contribution >= 4 is 45.6 Å². The second kappa shape index (κ2) is 7.29. The highest BCUT2D eigenvalue weighted by atomic mass is 35.5. The van der Waals surface area contributed by atoms with Crippen molar-refractivity contribution in [1.29, 1.82) is 0 Å². The Balaban J connectivity index is 0.00000200. The first kappa shape index (κ1) is 18.0. The molecule has 0 bridgehead atoms. The lowest BCUT2D eigenvalue weighted by Crippen LogP contribution is -2.30. The van der Waals surface area contributed by atoms with E-state index in [0.717, 1.165) is 13.0 Å². The molecule has 20 heavy (non-hydrogen) atoms. The molecule has 1 fully saturated rings. The largest absolute Gasteiger partial charge is 0.319 e. The van der Waals surface area contributed by atoms with E-state index in [-0.39, 0.29) is 22.3 Å². The summed E-state index contributed by atoms with van der Waals surface area (Å²) in [5, 5.41) is 3.69. The fourth-order valence-electron chi connectivity index (χ4n) is 2.26. The quantitative estimate of drug-likeness (QED) is 0.899. The SMILES string of the molecule is CNCC1CCN(S(=O)(=O)c2ccc(Cl)c(Cl)c2)C1.Cl. The van der Waals surface area contributed by atoms with Gasteiger partial charge in [-0.2, -0.15) is 4.31 Å². The normalized spacial score (nSPS) is 19.9. The maximum atomic E-state index is 12.5. The molecule has 1 aliphatic rings. The standard InChI is InChI=1S/C12H16Cl2N2O2S.ClH/c1-15-7-9-4-5-16(8-9)19(17,18)10-2-3-11(13)12(14)6-10;/h2-3,6,9,15H,4-5,7-8H2,1H3;1H. The molecule has 1 saturated heterocycles. The van der Waals surface area contributed by atoms with Crippen LogP contribution in [0.2, 0.25) is 10.0 Å². The van der Waals surface area contributed by atoms with Crippen LogP contribution in [0, 0.1) is 5.92 Å². The number of halogens is 3. The molecule has 0 aliphatic carbocycles. The first-order valence-corrected chi connectivity index (χ1v) is 8.24. The highest BCUT2D eigenvalue weighted by molar-refractivity contribution is 7.89. The molecule has 0 saturated carbocycles. The number of nitrogens with one attached hydrogen (secondary N) is 1. The van der Waals surface area contributed by atoms with E-state index in [1.807, 2.05) is 7.05 Å². The molecule has 1 heterocycles. The molecule has 1 aliphatic heterocycles. The highest BCUT2D eigenvalue weighted by Gasteiger charge is 2.32. The Bertz CT molecular complexity index is 566. The average Bonchev–Trinajstić information content (AvgIpc) is 2.82. The van der Waals surface area contributed by atoms with E-state index in [2.05, 4.69) is 5.32 Å². The predicted molar refractivity (Wildman–Crippen MR) is 84.5 cm³/mol. The van der Waals surface area contributed by atoms with Gasteiger partial charge in [0.15, 0.2) is 0 Å². The minimum atomic E-state index is -3.47. The van der Waals surface area contributed by atoms with E-state index in [1.54, 1.807) is 0 Å². The van der Waals surface area contributed by atoms with E-state index < -0.39 is 10.0 Å². The van der Waals surface area contributed by atoms with Crippen LogP contribution in [-0.4, -0.2) is 39.4 Å². The second-order valence-electron chi connectivity index (χ2n) is 4.65. The number of sulfonamides is 1. The van der Waals surface area contributed by atoms with Crippen LogP contribution in [0.4, 0.5) is 0 Å². The first-order valence-electron chi connectivity index (χ1n) is 6.05. The van der Waals surface area contributed by atoms with E-state index >= 15 is 0 Å². The van der Waals surface area contributed by atoms with Crippen LogP contribution in [0.25, 0.3) is 0 Å². The third-order valence-electron chi connectivity index (χ3n) is 3.27. The van der Waals surface area contributed by atoms with E-state index in [4.69, 9.17) is 23.2 Å². The maximum absolute atomic E-state index is 12.5. The van der Waals surface area contributed by atoms with Crippen molar-refractivity contribution in [3.8, 4) is 0 Å². The van der Waals surface area contributed by atoms with Crippen molar-refractivity contribution in [3.05, 3.63) is 28.2 Å². The maximum Gasteiger partial charge on any atom is 0.243 e. The van der Waals surface area contributed by atoms with Crippen molar-refractivity contribution in [1.82, 2.24) is 9.62 Å². The monoisotopic (exact) mass is 358 g/mol. The Morgan fingerprint density at radius 2 is 2.05 bits per heavy atom. The molecular weight excluding hydrogens is 343 g/mol. The smallest absolute Gasteiger partial charge is 0.243 e. The molecule has 1 aromatic carbocycles. The van der Waals surface area contributed by atoms with Gasteiger partial charge in [0.25, 0.3) is 0 Å². The molecular formula is C12H17Cl3N2O2S. The van der Waals surface area contributed by atoms with Gasteiger partial charge in [0, 0.05) is 13.1 Å². The summed E-state index contributed by atoms with van der Waals surface area (Å²) in [6, 6.07) is 4.41. The van der Waals surface area contributed by atoms with Crippen LogP contribution < -0.4 is 5.32 Å². The first-order chi connectivity index (χ1) is 8.95. The van der Waals surface area contributed by atoms with Crippen molar-refractivity contribution in [2.45, 2.75) is 11.3 Å². The molecule has 114 valence electrons. The van der Waals surface area contributed by atoms with Gasteiger partial charge in [-0.25, -0.2) is 8.42 Å². The second-order valence-corrected chi connectivity index (χ2v) is 7.40. The molecule has 0 aromatic heterocycles. The van der Waals surface area contributed by atoms with Crippen molar-refractivity contribution in [2.75, 3.05) is 26.7 Å². The van der Waals surface area contributed by atoms with Gasteiger partial charge < -0.3 is 5.32 Å².